The van der Waals surface area contributed by atoms with Gasteiger partial charge in [0.05, 0.1) is 12.6 Å². The molecule has 1 saturated carbocycles. The molecule has 0 aromatic carbocycles. The maximum atomic E-state index is 12.2. The highest BCUT2D eigenvalue weighted by Crippen LogP contribution is 2.17. The van der Waals surface area contributed by atoms with Gasteiger partial charge in [-0.25, -0.2) is 4.79 Å². The van der Waals surface area contributed by atoms with Crippen molar-refractivity contribution in [3.63, 3.8) is 0 Å². The van der Waals surface area contributed by atoms with E-state index in [1.807, 2.05) is 4.90 Å². The summed E-state index contributed by atoms with van der Waals surface area (Å²) in [5.41, 5.74) is 0. The zero-order valence-electron chi connectivity index (χ0n) is 15.2. The number of ether oxygens (including phenoxy) is 1. The van der Waals surface area contributed by atoms with Gasteiger partial charge in [0, 0.05) is 25.7 Å². The van der Waals surface area contributed by atoms with E-state index in [9.17, 15) is 9.59 Å². The van der Waals surface area contributed by atoms with Crippen LogP contribution in [0, 0.1) is 5.92 Å². The maximum Gasteiger partial charge on any atom is 0.315 e. The minimum Gasteiger partial charge on any atom is -0.378 e. The lowest BCUT2D eigenvalue weighted by molar-refractivity contribution is -0.132. The van der Waals surface area contributed by atoms with Crippen LogP contribution in [0.5, 0.6) is 0 Å². The van der Waals surface area contributed by atoms with Crippen LogP contribution >= 0.6 is 0 Å². The molecule has 0 atom stereocenters. The van der Waals surface area contributed by atoms with E-state index < -0.39 is 0 Å². The molecule has 6 heteroatoms. The van der Waals surface area contributed by atoms with Crippen LogP contribution in [0.4, 0.5) is 4.79 Å². The standard InChI is InChI=1S/C18H33N3O3/c1-14(2)13-24-16-8-10-21(11-9-16)17(22)12-19-18(23)20-15-6-4-3-5-7-15/h14-16H,3-13H2,1-2H3,(H2,19,20,23). The summed E-state index contributed by atoms with van der Waals surface area (Å²) in [5, 5.41) is 5.68. The Hall–Kier alpha value is -1.30. The van der Waals surface area contributed by atoms with E-state index >= 15 is 0 Å². The number of carbonyl (C=O) groups excluding carboxylic acids is 2. The fraction of sp³-hybridized carbons (Fsp3) is 0.889. The van der Waals surface area contributed by atoms with Crippen LogP contribution in [0.1, 0.15) is 58.8 Å². The molecule has 0 aromatic heterocycles. The zero-order valence-corrected chi connectivity index (χ0v) is 15.2. The molecule has 2 rings (SSSR count). The SMILES string of the molecule is CC(C)COC1CCN(C(=O)CNC(=O)NC2CCCCC2)CC1. The molecule has 1 aliphatic heterocycles. The number of carbonyl (C=O) groups is 2. The molecule has 1 saturated heterocycles. The number of nitrogens with one attached hydrogen (secondary N) is 2. The number of likely N-dealkylation sites (tertiary alicyclic amines) is 1. The second-order valence-corrected chi connectivity index (χ2v) is 7.47. The fourth-order valence-electron chi connectivity index (χ4n) is 3.35. The number of hydrogen-bond donors (Lipinski definition) is 2. The molecule has 24 heavy (non-hydrogen) atoms. The highest BCUT2D eigenvalue weighted by molar-refractivity contribution is 5.84. The first kappa shape index (κ1) is 19.0. The summed E-state index contributed by atoms with van der Waals surface area (Å²) in [7, 11) is 0. The van der Waals surface area contributed by atoms with E-state index in [1.54, 1.807) is 0 Å². The van der Waals surface area contributed by atoms with Crippen LogP contribution in [0.25, 0.3) is 0 Å². The number of urea groups is 1. The molecule has 2 N–H and O–H groups in total. The Labute approximate surface area is 145 Å². The molecule has 2 aliphatic rings. The van der Waals surface area contributed by atoms with Crippen molar-refractivity contribution in [2.75, 3.05) is 26.2 Å². The minimum atomic E-state index is -0.217. The summed E-state index contributed by atoms with van der Waals surface area (Å²) in [4.78, 5) is 25.9. The number of hydrogen-bond acceptors (Lipinski definition) is 3. The summed E-state index contributed by atoms with van der Waals surface area (Å²) in [5.74, 6) is 0.535. The summed E-state index contributed by atoms with van der Waals surface area (Å²) < 4.78 is 5.84. The predicted octanol–water partition coefficient (Wildman–Crippen LogP) is 2.28. The summed E-state index contributed by atoms with van der Waals surface area (Å²) in [6.07, 6.45) is 7.74. The van der Waals surface area contributed by atoms with E-state index in [4.69, 9.17) is 4.74 Å². The number of nitrogens with zero attached hydrogens (tertiary/aromatic N) is 1. The molecule has 6 nitrogen and oxygen atoms in total. The van der Waals surface area contributed by atoms with Gasteiger partial charge in [0.15, 0.2) is 0 Å². The Balaban J connectivity index is 1.60. The van der Waals surface area contributed by atoms with Crippen LogP contribution in [0.3, 0.4) is 0 Å². The third kappa shape index (κ3) is 6.67. The first-order valence-electron chi connectivity index (χ1n) is 9.48. The monoisotopic (exact) mass is 339 g/mol. The Morgan fingerprint density at radius 2 is 1.75 bits per heavy atom. The molecule has 1 aliphatic carbocycles. The van der Waals surface area contributed by atoms with Crippen LogP contribution in [0.2, 0.25) is 0 Å². The lowest BCUT2D eigenvalue weighted by Gasteiger charge is -2.32. The molecule has 0 aromatic rings. The van der Waals surface area contributed by atoms with E-state index in [0.29, 0.717) is 19.0 Å². The molecule has 0 unspecified atom stereocenters. The lowest BCUT2D eigenvalue weighted by Crippen LogP contribution is -2.49. The van der Waals surface area contributed by atoms with E-state index in [0.717, 1.165) is 32.3 Å². The summed E-state index contributed by atoms with van der Waals surface area (Å²) >= 11 is 0. The van der Waals surface area contributed by atoms with E-state index in [1.165, 1.54) is 19.3 Å². The van der Waals surface area contributed by atoms with Gasteiger partial charge in [-0.3, -0.25) is 4.79 Å². The maximum absolute atomic E-state index is 12.2. The van der Waals surface area contributed by atoms with Crippen molar-refractivity contribution in [3.05, 3.63) is 0 Å². The van der Waals surface area contributed by atoms with Crippen LogP contribution < -0.4 is 10.6 Å². The van der Waals surface area contributed by atoms with Crippen molar-refractivity contribution in [3.8, 4) is 0 Å². The van der Waals surface area contributed by atoms with Crippen molar-refractivity contribution in [2.45, 2.75) is 70.9 Å². The fourth-order valence-corrected chi connectivity index (χ4v) is 3.35. The quantitative estimate of drug-likeness (QED) is 0.780. The third-order valence-electron chi connectivity index (χ3n) is 4.80. The van der Waals surface area contributed by atoms with Crippen molar-refractivity contribution in [2.24, 2.45) is 5.92 Å². The molecular formula is C18H33N3O3. The Morgan fingerprint density at radius 3 is 2.38 bits per heavy atom. The van der Waals surface area contributed by atoms with Gasteiger partial charge < -0.3 is 20.3 Å². The van der Waals surface area contributed by atoms with Crippen LogP contribution in [-0.4, -0.2) is 55.2 Å². The predicted molar refractivity (Wildman–Crippen MR) is 93.8 cm³/mol. The lowest BCUT2D eigenvalue weighted by atomic mass is 9.96. The highest BCUT2D eigenvalue weighted by atomic mass is 16.5. The average molecular weight is 339 g/mol. The van der Waals surface area contributed by atoms with Crippen molar-refractivity contribution in [1.29, 1.82) is 0 Å². The molecule has 0 bridgehead atoms. The van der Waals surface area contributed by atoms with Gasteiger partial charge in [-0.05, 0) is 31.6 Å². The van der Waals surface area contributed by atoms with Gasteiger partial charge in [0.25, 0.3) is 0 Å². The first-order chi connectivity index (χ1) is 11.5. The van der Waals surface area contributed by atoms with Crippen molar-refractivity contribution >= 4 is 11.9 Å². The number of amides is 3. The third-order valence-corrected chi connectivity index (χ3v) is 4.80. The van der Waals surface area contributed by atoms with Crippen molar-refractivity contribution < 1.29 is 14.3 Å². The zero-order chi connectivity index (χ0) is 17.4. The minimum absolute atomic E-state index is 0.00361. The van der Waals surface area contributed by atoms with Crippen LogP contribution in [0.15, 0.2) is 0 Å². The van der Waals surface area contributed by atoms with Gasteiger partial charge in [-0.1, -0.05) is 33.1 Å². The Kier molecular flexibility index (Phi) is 7.82. The van der Waals surface area contributed by atoms with Gasteiger partial charge in [-0.15, -0.1) is 0 Å². The average Bonchev–Trinajstić information content (AvgIpc) is 2.59. The molecule has 138 valence electrons. The van der Waals surface area contributed by atoms with Gasteiger partial charge in [0.1, 0.15) is 0 Å². The normalized spacial score (nSPS) is 20.2. The molecule has 2 fully saturated rings. The number of rotatable bonds is 6. The molecule has 0 spiro atoms. The van der Waals surface area contributed by atoms with Crippen LogP contribution in [-0.2, 0) is 9.53 Å². The summed E-state index contributed by atoms with van der Waals surface area (Å²) in [6.45, 7) is 6.57. The second-order valence-electron chi connectivity index (χ2n) is 7.47. The van der Waals surface area contributed by atoms with E-state index in [2.05, 4.69) is 24.5 Å². The molecular weight excluding hydrogens is 306 g/mol. The summed E-state index contributed by atoms with van der Waals surface area (Å²) in [6, 6.07) is 0.0492. The van der Waals surface area contributed by atoms with Crippen molar-refractivity contribution in [1.82, 2.24) is 15.5 Å². The molecule has 1 heterocycles. The Morgan fingerprint density at radius 1 is 1.08 bits per heavy atom. The topological polar surface area (TPSA) is 70.7 Å². The van der Waals surface area contributed by atoms with Gasteiger partial charge in [0.2, 0.25) is 5.91 Å². The number of piperidine rings is 1. The Bertz CT molecular complexity index is 400. The first-order valence-corrected chi connectivity index (χ1v) is 9.48. The molecule has 3 amide bonds. The van der Waals surface area contributed by atoms with E-state index in [-0.39, 0.29) is 30.6 Å². The largest absolute Gasteiger partial charge is 0.378 e. The second kappa shape index (κ2) is 9.87. The van der Waals surface area contributed by atoms with Gasteiger partial charge >= 0.3 is 6.03 Å². The van der Waals surface area contributed by atoms with Gasteiger partial charge in [-0.2, -0.15) is 0 Å². The molecule has 0 radical (unpaired) electrons. The highest BCUT2D eigenvalue weighted by Gasteiger charge is 2.24. The smallest absolute Gasteiger partial charge is 0.315 e.